The minimum absolute atomic E-state index is 0.542. The molecule has 0 bridgehead atoms. The van der Waals surface area contributed by atoms with Crippen LogP contribution in [-0.4, -0.2) is 19.3 Å². The van der Waals surface area contributed by atoms with E-state index in [0.717, 1.165) is 15.2 Å². The minimum Gasteiger partial charge on any atom is -0.496 e. The zero-order valence-electron chi connectivity index (χ0n) is 16.5. The summed E-state index contributed by atoms with van der Waals surface area (Å²) in [5.41, 5.74) is 0.294. The molecule has 4 aromatic rings. The standard InChI is InChI=1S/C25H19BrO4/c1-28-19-7-4-3-6-18(19)25(27)23-17-12-11-16(26)14-15(17)10-13-22(23)30-21-9-5-8-20(29-2)24(21)25/h3-14,27H,1-2H3. The first-order valence-corrected chi connectivity index (χ1v) is 10.3. The molecule has 1 unspecified atom stereocenters. The smallest absolute Gasteiger partial charge is 0.155 e. The van der Waals surface area contributed by atoms with Crippen LogP contribution in [0.5, 0.6) is 23.0 Å². The van der Waals surface area contributed by atoms with Crippen molar-refractivity contribution in [3.8, 4) is 23.0 Å². The van der Waals surface area contributed by atoms with Gasteiger partial charge in [-0.2, -0.15) is 0 Å². The van der Waals surface area contributed by atoms with Crippen LogP contribution < -0.4 is 14.2 Å². The van der Waals surface area contributed by atoms with E-state index in [-0.39, 0.29) is 0 Å². The van der Waals surface area contributed by atoms with Crippen molar-refractivity contribution in [1.29, 1.82) is 0 Å². The Morgan fingerprint density at radius 3 is 2.33 bits per heavy atom. The summed E-state index contributed by atoms with van der Waals surface area (Å²) in [6, 6.07) is 22.9. The Labute approximate surface area is 182 Å². The topological polar surface area (TPSA) is 47.9 Å². The molecule has 150 valence electrons. The summed E-state index contributed by atoms with van der Waals surface area (Å²) in [4.78, 5) is 0. The second-order valence-corrected chi connectivity index (χ2v) is 8.07. The summed E-state index contributed by atoms with van der Waals surface area (Å²) >= 11 is 3.54. The van der Waals surface area contributed by atoms with E-state index >= 15 is 0 Å². The monoisotopic (exact) mass is 462 g/mol. The summed E-state index contributed by atoms with van der Waals surface area (Å²) in [6.45, 7) is 0. The summed E-state index contributed by atoms with van der Waals surface area (Å²) in [7, 11) is 3.19. The molecule has 30 heavy (non-hydrogen) atoms. The van der Waals surface area contributed by atoms with Crippen molar-refractivity contribution in [3.63, 3.8) is 0 Å². The number of benzene rings is 4. The Kier molecular flexibility index (Phi) is 4.45. The van der Waals surface area contributed by atoms with E-state index in [1.54, 1.807) is 14.2 Å². The molecule has 0 spiro atoms. The first-order chi connectivity index (χ1) is 14.6. The van der Waals surface area contributed by atoms with Gasteiger partial charge in [-0.05, 0) is 47.2 Å². The van der Waals surface area contributed by atoms with Crippen LogP contribution in [0.2, 0.25) is 0 Å². The van der Waals surface area contributed by atoms with Gasteiger partial charge < -0.3 is 19.3 Å². The van der Waals surface area contributed by atoms with Gasteiger partial charge in [-0.15, -0.1) is 0 Å². The second-order valence-electron chi connectivity index (χ2n) is 7.15. The van der Waals surface area contributed by atoms with Crippen LogP contribution in [0.4, 0.5) is 0 Å². The van der Waals surface area contributed by atoms with Crippen LogP contribution in [0.1, 0.15) is 16.7 Å². The van der Waals surface area contributed by atoms with E-state index in [1.165, 1.54) is 0 Å². The minimum atomic E-state index is -1.55. The molecule has 1 N–H and O–H groups in total. The number of methoxy groups -OCH3 is 2. The third-order valence-corrected chi connectivity index (χ3v) is 6.09. The molecule has 4 nitrogen and oxygen atoms in total. The van der Waals surface area contributed by atoms with Crippen LogP contribution in [-0.2, 0) is 5.60 Å². The van der Waals surface area contributed by atoms with Crippen LogP contribution in [0.15, 0.2) is 77.3 Å². The van der Waals surface area contributed by atoms with Crippen molar-refractivity contribution in [1.82, 2.24) is 0 Å². The molecule has 5 heteroatoms. The second kappa shape index (κ2) is 7.04. The van der Waals surface area contributed by atoms with Crippen molar-refractivity contribution >= 4 is 26.7 Å². The van der Waals surface area contributed by atoms with Gasteiger partial charge >= 0.3 is 0 Å². The van der Waals surface area contributed by atoms with E-state index in [9.17, 15) is 5.11 Å². The van der Waals surface area contributed by atoms with Crippen LogP contribution in [0.3, 0.4) is 0 Å². The fourth-order valence-electron chi connectivity index (χ4n) is 4.32. The molecular formula is C25H19BrO4. The Hall–Kier alpha value is -3.02. The van der Waals surface area contributed by atoms with Crippen molar-refractivity contribution in [2.45, 2.75) is 5.60 Å². The zero-order valence-corrected chi connectivity index (χ0v) is 18.1. The Balaban J connectivity index is 1.96. The van der Waals surface area contributed by atoms with Crippen molar-refractivity contribution < 1.29 is 19.3 Å². The molecule has 0 radical (unpaired) electrons. The Bertz CT molecular complexity index is 1280. The molecule has 1 atom stereocenters. The number of para-hydroxylation sites is 1. The number of ether oxygens (including phenoxy) is 3. The zero-order chi connectivity index (χ0) is 20.9. The van der Waals surface area contributed by atoms with Crippen molar-refractivity contribution in [2.24, 2.45) is 0 Å². The number of aliphatic hydroxyl groups is 1. The number of hydrogen-bond donors (Lipinski definition) is 1. The largest absolute Gasteiger partial charge is 0.496 e. The summed E-state index contributed by atoms with van der Waals surface area (Å²) in [5.74, 6) is 2.27. The Morgan fingerprint density at radius 2 is 1.53 bits per heavy atom. The average Bonchev–Trinajstić information content (AvgIpc) is 2.78. The van der Waals surface area contributed by atoms with E-state index < -0.39 is 5.60 Å². The molecule has 1 aliphatic rings. The molecule has 0 fully saturated rings. The van der Waals surface area contributed by atoms with Crippen LogP contribution in [0.25, 0.3) is 10.8 Å². The highest BCUT2D eigenvalue weighted by Crippen LogP contribution is 2.56. The molecule has 0 aliphatic carbocycles. The molecule has 4 aromatic carbocycles. The summed E-state index contributed by atoms with van der Waals surface area (Å²) in [6.07, 6.45) is 0. The highest BCUT2D eigenvalue weighted by molar-refractivity contribution is 9.10. The first kappa shape index (κ1) is 19.0. The maximum atomic E-state index is 12.6. The number of hydrogen-bond acceptors (Lipinski definition) is 4. The van der Waals surface area contributed by atoms with E-state index in [1.807, 2.05) is 72.8 Å². The van der Waals surface area contributed by atoms with Gasteiger partial charge in [0, 0.05) is 15.6 Å². The lowest BCUT2D eigenvalue weighted by atomic mass is 9.75. The average molecular weight is 463 g/mol. The predicted molar refractivity (Wildman–Crippen MR) is 120 cm³/mol. The molecule has 0 aromatic heterocycles. The van der Waals surface area contributed by atoms with Gasteiger partial charge in [-0.25, -0.2) is 0 Å². The third-order valence-electron chi connectivity index (χ3n) is 5.59. The molecular weight excluding hydrogens is 444 g/mol. The maximum Gasteiger partial charge on any atom is 0.155 e. The van der Waals surface area contributed by atoms with Gasteiger partial charge in [0.2, 0.25) is 0 Å². The lowest BCUT2D eigenvalue weighted by Crippen LogP contribution is -2.33. The SMILES string of the molecule is COc1ccccc1C1(O)c2c(OC)cccc2Oc2ccc3cc(Br)ccc3c21. The van der Waals surface area contributed by atoms with Crippen LogP contribution >= 0.6 is 15.9 Å². The normalized spacial score (nSPS) is 17.1. The van der Waals surface area contributed by atoms with Gasteiger partial charge in [-0.1, -0.05) is 52.3 Å². The summed E-state index contributed by atoms with van der Waals surface area (Å²) in [5, 5.41) is 14.5. The van der Waals surface area contributed by atoms with Gasteiger partial charge in [0.1, 0.15) is 23.0 Å². The van der Waals surface area contributed by atoms with E-state index in [0.29, 0.717) is 39.7 Å². The third kappa shape index (κ3) is 2.62. The molecule has 0 amide bonds. The molecule has 1 heterocycles. The van der Waals surface area contributed by atoms with Gasteiger partial charge in [0.25, 0.3) is 0 Å². The number of rotatable bonds is 3. The first-order valence-electron chi connectivity index (χ1n) is 9.52. The number of fused-ring (bicyclic) bond motifs is 4. The van der Waals surface area contributed by atoms with Crippen molar-refractivity contribution in [2.75, 3.05) is 14.2 Å². The number of halogens is 1. The summed E-state index contributed by atoms with van der Waals surface area (Å²) < 4.78 is 18.5. The molecule has 5 rings (SSSR count). The lowest BCUT2D eigenvalue weighted by molar-refractivity contribution is 0.107. The molecule has 1 aliphatic heterocycles. The van der Waals surface area contributed by atoms with Gasteiger partial charge in [0.15, 0.2) is 5.60 Å². The van der Waals surface area contributed by atoms with E-state index in [4.69, 9.17) is 14.2 Å². The van der Waals surface area contributed by atoms with Crippen LogP contribution in [0, 0.1) is 0 Å². The lowest BCUT2D eigenvalue weighted by Gasteiger charge is -2.38. The fourth-order valence-corrected chi connectivity index (χ4v) is 4.70. The highest BCUT2D eigenvalue weighted by Gasteiger charge is 2.47. The van der Waals surface area contributed by atoms with E-state index in [2.05, 4.69) is 15.9 Å². The van der Waals surface area contributed by atoms with Crippen molar-refractivity contribution in [3.05, 3.63) is 94.0 Å². The fraction of sp³-hybridized carbons (Fsp3) is 0.120. The Morgan fingerprint density at radius 1 is 0.800 bits per heavy atom. The molecule has 0 saturated heterocycles. The predicted octanol–water partition coefficient (Wildman–Crippen LogP) is 6.01. The molecule has 0 saturated carbocycles. The van der Waals surface area contributed by atoms with Gasteiger partial charge in [0.05, 0.1) is 19.8 Å². The maximum absolute atomic E-state index is 12.6. The highest BCUT2D eigenvalue weighted by atomic mass is 79.9. The van der Waals surface area contributed by atoms with Gasteiger partial charge in [-0.3, -0.25) is 0 Å². The quantitative estimate of drug-likeness (QED) is 0.404.